The molecule has 2 rings (SSSR count). The van der Waals surface area contributed by atoms with Gasteiger partial charge in [-0.3, -0.25) is 0 Å². The molecule has 0 radical (unpaired) electrons. The first-order valence-corrected chi connectivity index (χ1v) is 7.82. The van der Waals surface area contributed by atoms with Gasteiger partial charge in [0, 0.05) is 5.02 Å². The van der Waals surface area contributed by atoms with Gasteiger partial charge >= 0.3 is 5.97 Å². The van der Waals surface area contributed by atoms with Crippen molar-refractivity contribution in [3.63, 3.8) is 0 Å². The van der Waals surface area contributed by atoms with Crippen LogP contribution >= 0.6 is 23.2 Å². The highest BCUT2D eigenvalue weighted by Crippen LogP contribution is 2.30. The summed E-state index contributed by atoms with van der Waals surface area (Å²) in [6.45, 7) is 3.91. The first kappa shape index (κ1) is 17.4. The minimum absolute atomic E-state index is 0.326. The molecular formula is C17H16Cl2O4. The van der Waals surface area contributed by atoms with Crippen LogP contribution in [0.4, 0.5) is 0 Å². The maximum atomic E-state index is 12.2. The van der Waals surface area contributed by atoms with Crippen LogP contribution in [-0.2, 0) is 4.79 Å². The van der Waals surface area contributed by atoms with Crippen molar-refractivity contribution < 1.29 is 19.0 Å². The number of esters is 1. The molecule has 1 atom stereocenters. The number of carbonyl (C=O) groups excluding carboxylic acids is 1. The van der Waals surface area contributed by atoms with Crippen molar-refractivity contribution >= 4 is 29.2 Å². The smallest absolute Gasteiger partial charge is 0.352 e. The second kappa shape index (κ2) is 8.09. The summed E-state index contributed by atoms with van der Waals surface area (Å²) >= 11 is 11.8. The van der Waals surface area contributed by atoms with Crippen molar-refractivity contribution in [3.05, 3.63) is 52.5 Å². The minimum Gasteiger partial charge on any atom is -0.490 e. The predicted octanol–water partition coefficient (Wildman–Crippen LogP) is 4.77. The van der Waals surface area contributed by atoms with E-state index in [2.05, 4.69) is 0 Å². The fraction of sp³-hybridized carbons (Fsp3) is 0.235. The van der Waals surface area contributed by atoms with Gasteiger partial charge in [0.2, 0.25) is 0 Å². The van der Waals surface area contributed by atoms with Crippen LogP contribution in [0, 0.1) is 0 Å². The summed E-state index contributed by atoms with van der Waals surface area (Å²) in [6.07, 6.45) is -0.844. The van der Waals surface area contributed by atoms with Gasteiger partial charge < -0.3 is 14.2 Å². The average Bonchev–Trinajstić information content (AvgIpc) is 2.52. The third-order valence-electron chi connectivity index (χ3n) is 2.89. The molecule has 122 valence electrons. The van der Waals surface area contributed by atoms with Gasteiger partial charge in [-0.15, -0.1) is 0 Å². The van der Waals surface area contributed by atoms with E-state index in [4.69, 9.17) is 37.4 Å². The normalized spacial score (nSPS) is 11.7. The molecule has 2 aromatic rings. The minimum atomic E-state index is -0.844. The molecule has 4 nitrogen and oxygen atoms in total. The molecule has 0 spiro atoms. The molecule has 0 aromatic heterocycles. The maximum Gasteiger partial charge on any atom is 0.352 e. The number of hydrogen-bond acceptors (Lipinski definition) is 4. The summed E-state index contributed by atoms with van der Waals surface area (Å²) in [5.74, 6) is 0.652. The molecule has 6 heteroatoms. The zero-order valence-electron chi connectivity index (χ0n) is 12.7. The summed E-state index contributed by atoms with van der Waals surface area (Å²) < 4.78 is 16.3. The van der Waals surface area contributed by atoms with E-state index in [0.717, 1.165) is 0 Å². The summed E-state index contributed by atoms with van der Waals surface area (Å²) in [4.78, 5) is 12.2. The van der Waals surface area contributed by atoms with E-state index in [1.807, 2.05) is 6.92 Å². The third-order valence-corrected chi connectivity index (χ3v) is 3.42. The van der Waals surface area contributed by atoms with Crippen molar-refractivity contribution in [2.45, 2.75) is 20.0 Å². The summed E-state index contributed by atoms with van der Waals surface area (Å²) in [5, 5.41) is 0.815. The molecule has 0 bridgehead atoms. The van der Waals surface area contributed by atoms with Gasteiger partial charge in [0.1, 0.15) is 5.75 Å². The topological polar surface area (TPSA) is 44.8 Å². The molecule has 0 saturated heterocycles. The largest absolute Gasteiger partial charge is 0.490 e. The third kappa shape index (κ3) is 4.78. The van der Waals surface area contributed by atoms with Crippen LogP contribution in [0.5, 0.6) is 17.2 Å². The monoisotopic (exact) mass is 354 g/mol. The number of benzene rings is 2. The lowest BCUT2D eigenvalue weighted by Gasteiger charge is -2.16. The molecule has 0 aliphatic rings. The van der Waals surface area contributed by atoms with E-state index in [-0.39, 0.29) is 0 Å². The van der Waals surface area contributed by atoms with Crippen molar-refractivity contribution in [1.29, 1.82) is 0 Å². The highest BCUT2D eigenvalue weighted by Gasteiger charge is 2.20. The van der Waals surface area contributed by atoms with E-state index in [1.54, 1.807) is 49.4 Å². The van der Waals surface area contributed by atoms with Gasteiger partial charge in [0.05, 0.1) is 11.6 Å². The van der Waals surface area contributed by atoms with Gasteiger partial charge in [0.15, 0.2) is 17.6 Å². The second-order valence-corrected chi connectivity index (χ2v) is 5.48. The molecule has 1 unspecified atom stereocenters. The van der Waals surface area contributed by atoms with Crippen molar-refractivity contribution in [3.8, 4) is 17.2 Å². The summed E-state index contributed by atoms with van der Waals surface area (Å²) in [6, 6.07) is 11.7. The predicted molar refractivity (Wildman–Crippen MR) is 89.8 cm³/mol. The van der Waals surface area contributed by atoms with Crippen molar-refractivity contribution in [2.24, 2.45) is 0 Å². The van der Waals surface area contributed by atoms with E-state index >= 15 is 0 Å². The number of hydrogen-bond donors (Lipinski definition) is 0. The van der Waals surface area contributed by atoms with E-state index in [0.29, 0.717) is 33.9 Å². The van der Waals surface area contributed by atoms with Crippen LogP contribution in [0.1, 0.15) is 13.8 Å². The highest BCUT2D eigenvalue weighted by atomic mass is 35.5. The van der Waals surface area contributed by atoms with Crippen LogP contribution < -0.4 is 14.2 Å². The van der Waals surface area contributed by atoms with Gasteiger partial charge in [-0.2, -0.15) is 0 Å². The molecule has 0 N–H and O–H groups in total. The molecule has 0 heterocycles. The lowest BCUT2D eigenvalue weighted by Crippen LogP contribution is -2.28. The van der Waals surface area contributed by atoms with E-state index in [1.165, 1.54) is 0 Å². The maximum absolute atomic E-state index is 12.2. The standard InChI is InChI=1S/C17H16Cl2O4/c1-3-21-15-6-4-5-7-16(15)23-17(20)11(2)22-14-9-8-12(18)10-13(14)19/h4-11H,3H2,1-2H3. The van der Waals surface area contributed by atoms with Crippen LogP contribution in [0.3, 0.4) is 0 Å². The Bertz CT molecular complexity index is 688. The van der Waals surface area contributed by atoms with Gasteiger partial charge in [-0.25, -0.2) is 4.79 Å². The lowest BCUT2D eigenvalue weighted by molar-refractivity contribution is -0.141. The van der Waals surface area contributed by atoms with Crippen LogP contribution in [0.2, 0.25) is 10.0 Å². The highest BCUT2D eigenvalue weighted by molar-refractivity contribution is 6.35. The molecule has 2 aromatic carbocycles. The Hall–Kier alpha value is -1.91. The summed E-state index contributed by atoms with van der Waals surface area (Å²) in [5.41, 5.74) is 0. The number of ether oxygens (including phenoxy) is 3. The molecule has 0 saturated carbocycles. The fourth-order valence-corrected chi connectivity index (χ4v) is 2.26. The number of carbonyl (C=O) groups is 1. The van der Waals surface area contributed by atoms with Crippen molar-refractivity contribution in [1.82, 2.24) is 0 Å². The Morgan fingerprint density at radius 3 is 2.43 bits per heavy atom. The summed E-state index contributed by atoms with van der Waals surface area (Å²) in [7, 11) is 0. The number of halogens is 2. The molecule has 0 aliphatic heterocycles. The van der Waals surface area contributed by atoms with Gasteiger partial charge in [-0.05, 0) is 44.2 Å². The Balaban J connectivity index is 2.05. The lowest BCUT2D eigenvalue weighted by atomic mass is 10.3. The SMILES string of the molecule is CCOc1ccccc1OC(=O)C(C)Oc1ccc(Cl)cc1Cl. The molecule has 0 aliphatic carbocycles. The Labute approximate surface area is 144 Å². The first-order valence-electron chi connectivity index (χ1n) is 7.06. The average molecular weight is 355 g/mol. The Morgan fingerprint density at radius 2 is 1.78 bits per heavy atom. The molecular weight excluding hydrogens is 339 g/mol. The quantitative estimate of drug-likeness (QED) is 0.553. The first-order chi connectivity index (χ1) is 11.0. The number of rotatable bonds is 6. The van der Waals surface area contributed by atoms with E-state index < -0.39 is 12.1 Å². The number of para-hydroxylation sites is 2. The molecule has 0 amide bonds. The molecule has 23 heavy (non-hydrogen) atoms. The zero-order valence-corrected chi connectivity index (χ0v) is 14.2. The van der Waals surface area contributed by atoms with Gasteiger partial charge in [0.25, 0.3) is 0 Å². The van der Waals surface area contributed by atoms with Crippen LogP contribution in [0.25, 0.3) is 0 Å². The second-order valence-electron chi connectivity index (χ2n) is 4.64. The zero-order chi connectivity index (χ0) is 16.8. The van der Waals surface area contributed by atoms with Gasteiger partial charge in [-0.1, -0.05) is 35.3 Å². The Morgan fingerprint density at radius 1 is 1.09 bits per heavy atom. The molecule has 0 fully saturated rings. The Kier molecular flexibility index (Phi) is 6.13. The van der Waals surface area contributed by atoms with E-state index in [9.17, 15) is 4.79 Å². The van der Waals surface area contributed by atoms with Crippen LogP contribution in [0.15, 0.2) is 42.5 Å². The fourth-order valence-electron chi connectivity index (χ4n) is 1.81. The van der Waals surface area contributed by atoms with Crippen molar-refractivity contribution in [2.75, 3.05) is 6.61 Å². The van der Waals surface area contributed by atoms with Crippen LogP contribution in [-0.4, -0.2) is 18.7 Å².